The van der Waals surface area contributed by atoms with Gasteiger partial charge in [0, 0.05) is 27.7 Å². The minimum absolute atomic E-state index is 0.00738. The van der Waals surface area contributed by atoms with E-state index in [0.717, 1.165) is 44.6 Å². The van der Waals surface area contributed by atoms with Crippen LogP contribution in [0.25, 0.3) is 66.1 Å². The van der Waals surface area contributed by atoms with Gasteiger partial charge in [0.1, 0.15) is 11.2 Å². The maximum atomic E-state index is 6.28. The first-order chi connectivity index (χ1) is 28.6. The van der Waals surface area contributed by atoms with Gasteiger partial charge in [-0.05, 0) is 114 Å². The summed E-state index contributed by atoms with van der Waals surface area (Å²) >= 11 is 0. The molecule has 1 aromatic heterocycles. The van der Waals surface area contributed by atoms with Gasteiger partial charge in [0.05, 0.1) is 5.69 Å². The summed E-state index contributed by atoms with van der Waals surface area (Å²) in [5, 5.41) is 4.77. The molecule has 0 N–H and O–H groups in total. The molecular weight excluding hydrogens is 727 g/mol. The number of fused-ring (bicyclic) bond motifs is 4. The van der Waals surface area contributed by atoms with Crippen molar-refractivity contribution in [1.29, 1.82) is 0 Å². The Morgan fingerprint density at radius 2 is 0.867 bits per heavy atom. The summed E-state index contributed by atoms with van der Waals surface area (Å²) in [5.74, 6) is 0. The molecule has 0 fully saturated rings. The second-order valence-electron chi connectivity index (χ2n) is 19.5. The Balaban J connectivity index is 1.24. The van der Waals surface area contributed by atoms with Crippen LogP contribution in [0.2, 0.25) is 0 Å². The first-order valence-corrected chi connectivity index (χ1v) is 21.3. The van der Waals surface area contributed by atoms with E-state index in [1.807, 2.05) is 12.1 Å². The van der Waals surface area contributed by atoms with E-state index in [4.69, 9.17) is 4.42 Å². The van der Waals surface area contributed by atoms with Crippen LogP contribution in [0, 0.1) is 0 Å². The molecule has 0 aliphatic heterocycles. The van der Waals surface area contributed by atoms with Crippen LogP contribution in [-0.2, 0) is 16.2 Å². The SMILES string of the molecule is CC(C)(C)c1ccc(N(c2ccc(-c3cccc4oc5ccccc5c34)cc2)c2ccccc2-c2cccc3cccc(-c4cc(C(C)(C)C)cc(C(C)(C)C)c4)c23)cc1. The minimum Gasteiger partial charge on any atom is -0.456 e. The van der Waals surface area contributed by atoms with Crippen molar-refractivity contribution in [3.05, 3.63) is 187 Å². The van der Waals surface area contributed by atoms with Crippen LogP contribution < -0.4 is 4.90 Å². The second kappa shape index (κ2) is 14.7. The number of para-hydroxylation sites is 2. The fourth-order valence-corrected chi connectivity index (χ4v) is 8.69. The first-order valence-electron chi connectivity index (χ1n) is 21.3. The highest BCUT2D eigenvalue weighted by Gasteiger charge is 2.24. The zero-order valence-electron chi connectivity index (χ0n) is 36.5. The second-order valence-corrected chi connectivity index (χ2v) is 19.5. The molecule has 2 heteroatoms. The highest BCUT2D eigenvalue weighted by molar-refractivity contribution is 6.13. The molecular formula is C58H55NO. The summed E-state index contributed by atoms with van der Waals surface area (Å²) in [6, 6.07) is 62.6. The largest absolute Gasteiger partial charge is 0.456 e. The molecule has 0 amide bonds. The third kappa shape index (κ3) is 7.19. The van der Waals surface area contributed by atoms with Crippen molar-refractivity contribution in [3.8, 4) is 33.4 Å². The van der Waals surface area contributed by atoms with Crippen LogP contribution in [0.5, 0.6) is 0 Å². The van der Waals surface area contributed by atoms with E-state index in [9.17, 15) is 0 Å². The standard InChI is InChI=1S/C58H55NO/c1-56(2,3)41-29-33-45(34-30-41)59(44-31-27-38(28-32-44)46-22-16-26-53-55(46)50-20-11-13-25-52(50)60-53)51-24-12-10-19-48(51)49-23-15-18-39-17-14-21-47(54(39)49)40-35-42(57(4,5)6)37-43(36-40)58(7,8)9/h10-37H,1-9H3. The summed E-state index contributed by atoms with van der Waals surface area (Å²) in [7, 11) is 0. The van der Waals surface area contributed by atoms with Gasteiger partial charge in [0.25, 0.3) is 0 Å². The van der Waals surface area contributed by atoms with Crippen LogP contribution in [0.15, 0.2) is 174 Å². The van der Waals surface area contributed by atoms with Crippen LogP contribution in [0.4, 0.5) is 17.1 Å². The van der Waals surface area contributed by atoms with Crippen LogP contribution in [0.1, 0.15) is 79.0 Å². The number of nitrogens with zero attached hydrogens (tertiary/aromatic N) is 1. The van der Waals surface area contributed by atoms with Gasteiger partial charge in [-0.3, -0.25) is 0 Å². The average Bonchev–Trinajstić information content (AvgIpc) is 3.62. The highest BCUT2D eigenvalue weighted by Crippen LogP contribution is 2.46. The Morgan fingerprint density at radius 1 is 0.367 bits per heavy atom. The first kappa shape index (κ1) is 39.1. The number of anilines is 3. The Hall–Kier alpha value is -6.38. The van der Waals surface area contributed by atoms with E-state index >= 15 is 0 Å². The van der Waals surface area contributed by atoms with Gasteiger partial charge in [-0.25, -0.2) is 0 Å². The van der Waals surface area contributed by atoms with E-state index in [-0.39, 0.29) is 16.2 Å². The quantitative estimate of drug-likeness (QED) is 0.167. The Labute approximate surface area is 356 Å². The van der Waals surface area contributed by atoms with Crippen LogP contribution in [-0.4, -0.2) is 0 Å². The van der Waals surface area contributed by atoms with E-state index in [1.165, 1.54) is 55.3 Å². The van der Waals surface area contributed by atoms with E-state index in [2.05, 4.69) is 225 Å². The average molecular weight is 782 g/mol. The molecule has 0 saturated heterocycles. The summed E-state index contributed by atoms with van der Waals surface area (Å²) in [5.41, 5.74) is 16.4. The molecule has 0 bridgehead atoms. The van der Waals surface area contributed by atoms with Crippen molar-refractivity contribution in [2.75, 3.05) is 4.90 Å². The molecule has 298 valence electrons. The number of benzene rings is 8. The van der Waals surface area contributed by atoms with Gasteiger partial charge < -0.3 is 9.32 Å². The summed E-state index contributed by atoms with van der Waals surface area (Å²) in [6.07, 6.45) is 0. The fourth-order valence-electron chi connectivity index (χ4n) is 8.69. The Kier molecular flexibility index (Phi) is 9.59. The molecule has 0 saturated carbocycles. The molecule has 0 aliphatic rings. The number of hydrogen-bond donors (Lipinski definition) is 0. The van der Waals surface area contributed by atoms with Crippen LogP contribution >= 0.6 is 0 Å². The lowest BCUT2D eigenvalue weighted by molar-refractivity contribution is 0.569. The number of rotatable bonds is 6. The summed E-state index contributed by atoms with van der Waals surface area (Å²) < 4.78 is 6.28. The van der Waals surface area contributed by atoms with Crippen molar-refractivity contribution in [2.45, 2.75) is 78.6 Å². The number of furan rings is 1. The van der Waals surface area contributed by atoms with E-state index < -0.39 is 0 Å². The maximum Gasteiger partial charge on any atom is 0.136 e. The van der Waals surface area contributed by atoms with Gasteiger partial charge in [-0.1, -0.05) is 190 Å². The Morgan fingerprint density at radius 3 is 1.50 bits per heavy atom. The molecule has 0 aliphatic carbocycles. The van der Waals surface area contributed by atoms with Gasteiger partial charge >= 0.3 is 0 Å². The Bertz CT molecular complexity index is 2980. The lowest BCUT2D eigenvalue weighted by atomic mass is 9.78. The lowest BCUT2D eigenvalue weighted by Gasteiger charge is -2.29. The van der Waals surface area contributed by atoms with Crippen molar-refractivity contribution in [2.24, 2.45) is 0 Å². The van der Waals surface area contributed by atoms with Crippen molar-refractivity contribution < 1.29 is 4.42 Å². The smallest absolute Gasteiger partial charge is 0.136 e. The molecule has 0 unspecified atom stereocenters. The monoisotopic (exact) mass is 781 g/mol. The van der Waals surface area contributed by atoms with E-state index in [0.29, 0.717) is 0 Å². The zero-order valence-corrected chi connectivity index (χ0v) is 36.5. The van der Waals surface area contributed by atoms with Gasteiger partial charge in [0.2, 0.25) is 0 Å². The molecule has 60 heavy (non-hydrogen) atoms. The molecule has 0 spiro atoms. The normalized spacial score (nSPS) is 12.4. The van der Waals surface area contributed by atoms with Gasteiger partial charge in [-0.15, -0.1) is 0 Å². The van der Waals surface area contributed by atoms with Crippen molar-refractivity contribution in [3.63, 3.8) is 0 Å². The number of hydrogen-bond acceptors (Lipinski definition) is 2. The molecule has 0 radical (unpaired) electrons. The predicted octanol–water partition coefficient (Wildman–Crippen LogP) is 17.1. The molecule has 1 heterocycles. The molecule has 9 rings (SSSR count). The molecule has 2 nitrogen and oxygen atoms in total. The highest BCUT2D eigenvalue weighted by atomic mass is 16.3. The fraction of sp³-hybridized carbons (Fsp3) is 0.207. The predicted molar refractivity (Wildman–Crippen MR) is 258 cm³/mol. The van der Waals surface area contributed by atoms with Crippen LogP contribution in [0.3, 0.4) is 0 Å². The van der Waals surface area contributed by atoms with E-state index in [1.54, 1.807) is 0 Å². The van der Waals surface area contributed by atoms with Gasteiger partial charge in [0.15, 0.2) is 0 Å². The summed E-state index contributed by atoms with van der Waals surface area (Å²) in [4.78, 5) is 2.43. The summed E-state index contributed by atoms with van der Waals surface area (Å²) in [6.45, 7) is 20.7. The third-order valence-corrected chi connectivity index (χ3v) is 12.1. The van der Waals surface area contributed by atoms with Crippen molar-refractivity contribution in [1.82, 2.24) is 0 Å². The lowest BCUT2D eigenvalue weighted by Crippen LogP contribution is -2.16. The maximum absolute atomic E-state index is 6.28. The van der Waals surface area contributed by atoms with Gasteiger partial charge in [-0.2, -0.15) is 0 Å². The third-order valence-electron chi connectivity index (χ3n) is 12.1. The molecule has 0 atom stereocenters. The zero-order chi connectivity index (χ0) is 42.0. The topological polar surface area (TPSA) is 16.4 Å². The molecule has 8 aromatic carbocycles. The minimum atomic E-state index is 0.00738. The molecule has 9 aromatic rings. The van der Waals surface area contributed by atoms with Crippen molar-refractivity contribution >= 4 is 49.8 Å².